The van der Waals surface area contributed by atoms with Crippen LogP contribution in [0.5, 0.6) is 5.75 Å². The number of nitrogens with zero attached hydrogens (tertiary/aromatic N) is 2. The summed E-state index contributed by atoms with van der Waals surface area (Å²) in [6.45, 7) is 3.06. The fourth-order valence-corrected chi connectivity index (χ4v) is 6.74. The van der Waals surface area contributed by atoms with E-state index in [-0.39, 0.29) is 11.8 Å². The van der Waals surface area contributed by atoms with Crippen molar-refractivity contribution in [2.45, 2.75) is 77.2 Å². The molecule has 1 saturated carbocycles. The number of likely N-dealkylation sites (tertiary alicyclic amines) is 1. The number of amides is 2. The zero-order valence-electron chi connectivity index (χ0n) is 23.1. The molecule has 1 saturated heterocycles. The first-order chi connectivity index (χ1) is 19.3. The number of carbonyl (C=O) groups excluding carboxylic acids is 2. The van der Waals surface area contributed by atoms with Crippen LogP contribution < -0.4 is 4.74 Å². The molecule has 2 aromatic rings. The molecule has 7 nitrogen and oxygen atoms in total. The maximum Gasteiger partial charge on any atom is 0.310 e. The maximum absolute atomic E-state index is 12.5. The number of carboxylic acids is 1. The minimum Gasteiger partial charge on any atom is -0.493 e. The van der Waals surface area contributed by atoms with Crippen molar-refractivity contribution in [3.63, 3.8) is 0 Å². The Kier molecular flexibility index (Phi) is 9.11. The molecule has 3 aliphatic rings. The number of benzene rings is 2. The highest BCUT2D eigenvalue weighted by atomic mass is 35.5. The van der Waals surface area contributed by atoms with Gasteiger partial charge in [-0.3, -0.25) is 24.2 Å². The summed E-state index contributed by atoms with van der Waals surface area (Å²) in [4.78, 5) is 39.9. The van der Waals surface area contributed by atoms with Crippen LogP contribution in [0.4, 0.5) is 0 Å². The quantitative estimate of drug-likeness (QED) is 0.344. The van der Waals surface area contributed by atoms with Crippen LogP contribution in [-0.2, 0) is 40.2 Å². The van der Waals surface area contributed by atoms with E-state index in [1.165, 1.54) is 16.0 Å². The predicted molar refractivity (Wildman–Crippen MR) is 154 cm³/mol. The van der Waals surface area contributed by atoms with Gasteiger partial charge < -0.3 is 9.84 Å². The summed E-state index contributed by atoms with van der Waals surface area (Å²) in [5, 5.41) is 10.9. The van der Waals surface area contributed by atoms with E-state index in [9.17, 15) is 19.5 Å². The molecule has 0 bridgehead atoms. The Labute approximate surface area is 241 Å². The van der Waals surface area contributed by atoms with E-state index in [2.05, 4.69) is 29.2 Å². The number of carbonyl (C=O) groups is 3. The van der Waals surface area contributed by atoms with Gasteiger partial charge in [0.2, 0.25) is 11.8 Å². The Hall–Kier alpha value is -2.90. The third-order valence-corrected chi connectivity index (χ3v) is 9.12. The Balaban J connectivity index is 1.26. The van der Waals surface area contributed by atoms with E-state index >= 15 is 0 Å². The third kappa shape index (κ3) is 6.69. The first-order valence-corrected chi connectivity index (χ1v) is 15.0. The summed E-state index contributed by atoms with van der Waals surface area (Å²) in [5.74, 6) is 0.116. The Morgan fingerprint density at radius 1 is 0.975 bits per heavy atom. The summed E-state index contributed by atoms with van der Waals surface area (Å²) < 4.78 is 5.66. The van der Waals surface area contributed by atoms with Crippen molar-refractivity contribution in [1.29, 1.82) is 0 Å². The van der Waals surface area contributed by atoms with Crippen LogP contribution in [0, 0.1) is 5.41 Å². The number of aryl methyl sites for hydroxylation is 1. The van der Waals surface area contributed by atoms with Gasteiger partial charge >= 0.3 is 5.97 Å². The fourth-order valence-electron chi connectivity index (χ4n) is 6.44. The SMILES string of the molecule is O=C1CCC(=O)N1CCCc1ccc(CN(CCc2ccc3c(c2)CCO3)CC2(C(=O)O)CCCCC2)cc1Cl. The summed E-state index contributed by atoms with van der Waals surface area (Å²) in [7, 11) is 0. The monoisotopic (exact) mass is 566 g/mol. The summed E-state index contributed by atoms with van der Waals surface area (Å²) in [5.41, 5.74) is 3.82. The molecule has 40 heavy (non-hydrogen) atoms. The first kappa shape index (κ1) is 28.6. The number of fused-ring (bicyclic) bond motifs is 1. The smallest absolute Gasteiger partial charge is 0.310 e. The Bertz CT molecular complexity index is 1240. The summed E-state index contributed by atoms with van der Waals surface area (Å²) in [6, 6.07) is 12.5. The molecule has 8 heteroatoms. The minimum absolute atomic E-state index is 0.0862. The lowest BCUT2D eigenvalue weighted by molar-refractivity contribution is -0.152. The second-order valence-corrected chi connectivity index (χ2v) is 12.0. The highest BCUT2D eigenvalue weighted by molar-refractivity contribution is 6.31. The standard InChI is InChI=1S/C32H39ClN2O5/c33-27-20-24(6-8-25(27)5-4-16-35-29(36)10-11-30(35)37)21-34(22-32(31(38)39)14-2-1-3-15-32)17-12-23-7-9-28-26(19-23)13-18-40-28/h6-9,19-20H,1-5,10-18,21-22H2,(H,38,39). The molecule has 1 N–H and O–H groups in total. The Morgan fingerprint density at radius 3 is 2.45 bits per heavy atom. The molecule has 214 valence electrons. The molecule has 2 heterocycles. The third-order valence-electron chi connectivity index (χ3n) is 8.77. The molecule has 5 rings (SSSR count). The summed E-state index contributed by atoms with van der Waals surface area (Å²) >= 11 is 6.69. The van der Waals surface area contributed by atoms with Crippen LogP contribution in [0.2, 0.25) is 5.02 Å². The maximum atomic E-state index is 12.5. The van der Waals surface area contributed by atoms with Crippen molar-refractivity contribution in [3.05, 3.63) is 63.7 Å². The molecule has 0 atom stereocenters. The molecule has 2 amide bonds. The van der Waals surface area contributed by atoms with Gasteiger partial charge in [0.15, 0.2) is 0 Å². The second-order valence-electron chi connectivity index (χ2n) is 11.6. The van der Waals surface area contributed by atoms with Crippen LogP contribution in [0.25, 0.3) is 0 Å². The molecule has 0 unspecified atom stereocenters. The van der Waals surface area contributed by atoms with Gasteiger partial charge in [0, 0.05) is 50.5 Å². The van der Waals surface area contributed by atoms with Gasteiger partial charge in [-0.2, -0.15) is 0 Å². The lowest BCUT2D eigenvalue weighted by Gasteiger charge is -2.38. The van der Waals surface area contributed by atoms with E-state index in [1.807, 2.05) is 12.1 Å². The van der Waals surface area contributed by atoms with E-state index in [0.717, 1.165) is 75.0 Å². The normalized spacial score (nSPS) is 18.3. The molecule has 2 aliphatic heterocycles. The average Bonchev–Trinajstić information content (AvgIpc) is 3.54. The molecular formula is C32H39ClN2O5. The first-order valence-electron chi connectivity index (χ1n) is 14.6. The van der Waals surface area contributed by atoms with Crippen molar-refractivity contribution in [1.82, 2.24) is 9.80 Å². The van der Waals surface area contributed by atoms with Gasteiger partial charge in [-0.25, -0.2) is 0 Å². The lowest BCUT2D eigenvalue weighted by atomic mass is 9.73. The zero-order chi connectivity index (χ0) is 28.1. The number of halogens is 1. The second kappa shape index (κ2) is 12.7. The highest BCUT2D eigenvalue weighted by Gasteiger charge is 2.41. The largest absolute Gasteiger partial charge is 0.493 e. The summed E-state index contributed by atoms with van der Waals surface area (Å²) in [6.07, 6.45) is 8.22. The van der Waals surface area contributed by atoms with E-state index in [4.69, 9.17) is 16.3 Å². The fraction of sp³-hybridized carbons (Fsp3) is 0.531. The highest BCUT2D eigenvalue weighted by Crippen LogP contribution is 2.38. The van der Waals surface area contributed by atoms with Crippen molar-refractivity contribution < 1.29 is 24.2 Å². The molecule has 2 aromatic carbocycles. The number of rotatable bonds is 12. The van der Waals surface area contributed by atoms with Gasteiger partial charge in [0.25, 0.3) is 0 Å². The number of ether oxygens (including phenoxy) is 1. The number of hydrogen-bond donors (Lipinski definition) is 1. The van der Waals surface area contributed by atoms with Crippen molar-refractivity contribution in [2.24, 2.45) is 5.41 Å². The van der Waals surface area contributed by atoms with E-state index in [1.54, 1.807) is 0 Å². The number of aliphatic carboxylic acids is 1. The number of hydrogen-bond acceptors (Lipinski definition) is 5. The van der Waals surface area contributed by atoms with Crippen LogP contribution in [0.3, 0.4) is 0 Å². The Morgan fingerprint density at radius 2 is 1.73 bits per heavy atom. The van der Waals surface area contributed by atoms with Crippen molar-refractivity contribution in [3.8, 4) is 5.75 Å². The predicted octanol–water partition coefficient (Wildman–Crippen LogP) is 5.44. The van der Waals surface area contributed by atoms with Gasteiger partial charge in [0.05, 0.1) is 12.0 Å². The topological polar surface area (TPSA) is 87.2 Å². The number of carboxylic acid groups (broad SMARTS) is 1. The molecule has 2 fully saturated rings. The molecule has 0 radical (unpaired) electrons. The van der Waals surface area contributed by atoms with Gasteiger partial charge in [-0.15, -0.1) is 0 Å². The molecule has 0 aromatic heterocycles. The zero-order valence-corrected chi connectivity index (χ0v) is 23.9. The van der Waals surface area contributed by atoms with E-state index in [0.29, 0.717) is 50.3 Å². The average molecular weight is 567 g/mol. The van der Waals surface area contributed by atoms with Gasteiger partial charge in [-0.05, 0) is 66.5 Å². The van der Waals surface area contributed by atoms with Gasteiger partial charge in [-0.1, -0.05) is 55.1 Å². The van der Waals surface area contributed by atoms with Gasteiger partial charge in [0.1, 0.15) is 5.75 Å². The lowest BCUT2D eigenvalue weighted by Crippen LogP contribution is -2.45. The van der Waals surface area contributed by atoms with Crippen LogP contribution in [0.1, 0.15) is 73.6 Å². The minimum atomic E-state index is -0.710. The van der Waals surface area contributed by atoms with Crippen LogP contribution in [0.15, 0.2) is 36.4 Å². The van der Waals surface area contributed by atoms with Crippen molar-refractivity contribution in [2.75, 3.05) is 26.2 Å². The molecule has 1 aliphatic carbocycles. The molecular weight excluding hydrogens is 528 g/mol. The molecule has 0 spiro atoms. The van der Waals surface area contributed by atoms with Crippen molar-refractivity contribution >= 4 is 29.4 Å². The number of imide groups is 1. The van der Waals surface area contributed by atoms with Crippen LogP contribution >= 0.6 is 11.6 Å². The van der Waals surface area contributed by atoms with E-state index < -0.39 is 11.4 Å². The van der Waals surface area contributed by atoms with Crippen LogP contribution in [-0.4, -0.2) is 58.9 Å².